The number of carbonyl (C=O) groups is 2. The lowest BCUT2D eigenvalue weighted by Crippen LogP contribution is -2.42. The van der Waals surface area contributed by atoms with Crippen LogP contribution in [0.3, 0.4) is 0 Å². The van der Waals surface area contributed by atoms with E-state index in [2.05, 4.69) is 20.6 Å². The minimum Gasteiger partial charge on any atom is -0.480 e. The molecule has 1 aromatic rings. The molecule has 0 fully saturated rings. The average Bonchev–Trinajstić information content (AvgIpc) is 2.35. The Morgan fingerprint density at radius 3 is 2.47 bits per heavy atom. The molecule has 7 heteroatoms. The van der Waals surface area contributed by atoms with Crippen LogP contribution in [0.5, 0.6) is 0 Å². The van der Waals surface area contributed by atoms with Crippen molar-refractivity contribution in [3.8, 4) is 0 Å². The molecule has 19 heavy (non-hydrogen) atoms. The van der Waals surface area contributed by atoms with Crippen LogP contribution in [0.15, 0.2) is 18.5 Å². The second kappa shape index (κ2) is 7.42. The van der Waals surface area contributed by atoms with Gasteiger partial charge < -0.3 is 5.11 Å². The molecule has 1 heterocycles. The van der Waals surface area contributed by atoms with Crippen LogP contribution in [0.25, 0.3) is 0 Å². The SMILES string of the molecule is CC(C)CC(NCC(=O)Nc1ncccn1)C(=O)O. The van der Waals surface area contributed by atoms with E-state index < -0.39 is 12.0 Å². The summed E-state index contributed by atoms with van der Waals surface area (Å²) in [6.07, 6.45) is 3.48. The summed E-state index contributed by atoms with van der Waals surface area (Å²) < 4.78 is 0. The summed E-state index contributed by atoms with van der Waals surface area (Å²) >= 11 is 0. The van der Waals surface area contributed by atoms with Crippen LogP contribution in [0.4, 0.5) is 5.95 Å². The Hall–Kier alpha value is -2.02. The third kappa shape index (κ3) is 5.91. The van der Waals surface area contributed by atoms with Crippen molar-refractivity contribution >= 4 is 17.8 Å². The van der Waals surface area contributed by atoms with Gasteiger partial charge in [0.25, 0.3) is 0 Å². The van der Waals surface area contributed by atoms with Crippen LogP contribution in [-0.4, -0.2) is 39.5 Å². The summed E-state index contributed by atoms with van der Waals surface area (Å²) in [5.74, 6) is -0.905. The van der Waals surface area contributed by atoms with Crippen LogP contribution < -0.4 is 10.6 Å². The van der Waals surface area contributed by atoms with Crippen molar-refractivity contribution in [2.24, 2.45) is 5.92 Å². The fourth-order valence-corrected chi connectivity index (χ4v) is 1.49. The monoisotopic (exact) mass is 266 g/mol. The Morgan fingerprint density at radius 2 is 1.95 bits per heavy atom. The number of aliphatic carboxylic acids is 1. The van der Waals surface area contributed by atoms with Gasteiger partial charge in [-0.1, -0.05) is 13.8 Å². The van der Waals surface area contributed by atoms with Crippen LogP contribution in [0.2, 0.25) is 0 Å². The van der Waals surface area contributed by atoms with Gasteiger partial charge in [-0.3, -0.25) is 20.2 Å². The number of carboxylic acids is 1. The van der Waals surface area contributed by atoms with E-state index in [9.17, 15) is 9.59 Å². The van der Waals surface area contributed by atoms with Crippen molar-refractivity contribution in [3.63, 3.8) is 0 Å². The predicted molar refractivity (Wildman–Crippen MR) is 69.5 cm³/mol. The molecule has 0 spiro atoms. The number of aromatic nitrogens is 2. The highest BCUT2D eigenvalue weighted by Crippen LogP contribution is 2.04. The zero-order chi connectivity index (χ0) is 14.3. The van der Waals surface area contributed by atoms with Crippen molar-refractivity contribution in [2.75, 3.05) is 11.9 Å². The number of rotatable bonds is 7. The van der Waals surface area contributed by atoms with Gasteiger partial charge in [-0.05, 0) is 18.4 Å². The Labute approximate surface area is 111 Å². The first-order valence-corrected chi connectivity index (χ1v) is 6.02. The Kier molecular flexibility index (Phi) is 5.87. The third-order valence-corrected chi connectivity index (χ3v) is 2.33. The molecule has 1 atom stereocenters. The Balaban J connectivity index is 2.42. The van der Waals surface area contributed by atoms with Crippen LogP contribution >= 0.6 is 0 Å². The summed E-state index contributed by atoms with van der Waals surface area (Å²) in [6.45, 7) is 3.76. The molecule has 0 radical (unpaired) electrons. The molecule has 0 aliphatic carbocycles. The molecule has 0 saturated heterocycles. The lowest BCUT2D eigenvalue weighted by molar-refractivity contribution is -0.139. The lowest BCUT2D eigenvalue weighted by Gasteiger charge is -2.15. The molecule has 0 aliphatic rings. The molecular formula is C12H18N4O3. The van der Waals surface area contributed by atoms with Crippen molar-refractivity contribution in [1.29, 1.82) is 0 Å². The second-order valence-corrected chi connectivity index (χ2v) is 4.52. The van der Waals surface area contributed by atoms with E-state index >= 15 is 0 Å². The van der Waals surface area contributed by atoms with Gasteiger partial charge >= 0.3 is 5.97 Å². The van der Waals surface area contributed by atoms with Crippen molar-refractivity contribution in [3.05, 3.63) is 18.5 Å². The van der Waals surface area contributed by atoms with E-state index in [1.165, 1.54) is 12.4 Å². The van der Waals surface area contributed by atoms with Gasteiger partial charge in [0.1, 0.15) is 6.04 Å². The minimum atomic E-state index is -0.961. The van der Waals surface area contributed by atoms with Crippen molar-refractivity contribution in [1.82, 2.24) is 15.3 Å². The fourth-order valence-electron chi connectivity index (χ4n) is 1.49. The maximum Gasteiger partial charge on any atom is 0.320 e. The molecule has 3 N–H and O–H groups in total. The fraction of sp³-hybridized carbons (Fsp3) is 0.500. The molecule has 0 aromatic carbocycles. The standard InChI is InChI=1S/C12H18N4O3/c1-8(2)6-9(11(18)19)15-7-10(17)16-12-13-4-3-5-14-12/h3-5,8-9,15H,6-7H2,1-2H3,(H,18,19)(H,13,14,16,17). The number of anilines is 1. The highest BCUT2D eigenvalue weighted by molar-refractivity contribution is 5.90. The topological polar surface area (TPSA) is 104 Å². The average molecular weight is 266 g/mol. The summed E-state index contributed by atoms with van der Waals surface area (Å²) in [4.78, 5) is 30.2. The molecule has 1 aromatic heterocycles. The van der Waals surface area contributed by atoms with E-state index in [0.717, 1.165) is 0 Å². The van der Waals surface area contributed by atoms with Gasteiger partial charge in [0, 0.05) is 12.4 Å². The zero-order valence-corrected chi connectivity index (χ0v) is 11.0. The van der Waals surface area contributed by atoms with Gasteiger partial charge in [0.2, 0.25) is 11.9 Å². The summed E-state index contributed by atoms with van der Waals surface area (Å²) in [7, 11) is 0. The Bertz CT molecular complexity index is 422. The third-order valence-electron chi connectivity index (χ3n) is 2.33. The van der Waals surface area contributed by atoms with E-state index in [0.29, 0.717) is 6.42 Å². The summed E-state index contributed by atoms with van der Waals surface area (Å²) in [5, 5.41) is 14.2. The van der Waals surface area contributed by atoms with Crippen LogP contribution in [0, 0.1) is 5.92 Å². The number of nitrogens with zero attached hydrogens (tertiary/aromatic N) is 2. The van der Waals surface area contributed by atoms with Gasteiger partial charge in [-0.2, -0.15) is 0 Å². The smallest absolute Gasteiger partial charge is 0.320 e. The van der Waals surface area contributed by atoms with Crippen LogP contribution in [-0.2, 0) is 9.59 Å². The first kappa shape index (κ1) is 15.0. The number of carboxylic acid groups (broad SMARTS) is 1. The van der Waals surface area contributed by atoms with E-state index in [1.807, 2.05) is 13.8 Å². The molecular weight excluding hydrogens is 248 g/mol. The minimum absolute atomic E-state index is 0.0953. The Morgan fingerprint density at radius 1 is 1.32 bits per heavy atom. The first-order valence-electron chi connectivity index (χ1n) is 6.02. The zero-order valence-electron chi connectivity index (χ0n) is 11.0. The molecule has 0 saturated carbocycles. The highest BCUT2D eigenvalue weighted by Gasteiger charge is 2.19. The van der Waals surface area contributed by atoms with Gasteiger partial charge in [-0.25, -0.2) is 9.97 Å². The van der Waals surface area contributed by atoms with E-state index in [4.69, 9.17) is 5.11 Å². The summed E-state index contributed by atoms with van der Waals surface area (Å²) in [5.41, 5.74) is 0. The number of hydrogen-bond donors (Lipinski definition) is 3. The van der Waals surface area contributed by atoms with Gasteiger partial charge in [0.15, 0.2) is 0 Å². The van der Waals surface area contributed by atoms with Crippen LogP contribution in [0.1, 0.15) is 20.3 Å². The molecule has 1 amide bonds. The summed E-state index contributed by atoms with van der Waals surface area (Å²) in [6, 6.07) is 0.902. The number of nitrogens with one attached hydrogen (secondary N) is 2. The largest absolute Gasteiger partial charge is 0.480 e. The maximum absolute atomic E-state index is 11.6. The van der Waals surface area contributed by atoms with Gasteiger partial charge in [-0.15, -0.1) is 0 Å². The quantitative estimate of drug-likeness (QED) is 0.664. The van der Waals surface area contributed by atoms with Gasteiger partial charge in [0.05, 0.1) is 6.54 Å². The first-order chi connectivity index (χ1) is 8.99. The normalized spacial score (nSPS) is 12.2. The number of carbonyl (C=O) groups excluding carboxylic acids is 1. The molecule has 1 unspecified atom stereocenters. The van der Waals surface area contributed by atoms with Crippen molar-refractivity contribution < 1.29 is 14.7 Å². The molecule has 0 bridgehead atoms. The second-order valence-electron chi connectivity index (χ2n) is 4.52. The molecule has 7 nitrogen and oxygen atoms in total. The van der Waals surface area contributed by atoms with Crippen molar-refractivity contribution in [2.45, 2.75) is 26.3 Å². The van der Waals surface area contributed by atoms with E-state index in [1.54, 1.807) is 6.07 Å². The number of amides is 1. The highest BCUT2D eigenvalue weighted by atomic mass is 16.4. The maximum atomic E-state index is 11.6. The predicted octanol–water partition coefficient (Wildman–Crippen LogP) is 0.504. The lowest BCUT2D eigenvalue weighted by atomic mass is 10.0. The molecule has 1 rings (SSSR count). The molecule has 0 aliphatic heterocycles. The number of hydrogen-bond acceptors (Lipinski definition) is 5. The molecule has 104 valence electrons. The van der Waals surface area contributed by atoms with E-state index in [-0.39, 0.29) is 24.3 Å².